The first-order chi connectivity index (χ1) is 11.9. The highest BCUT2D eigenvalue weighted by molar-refractivity contribution is 5.92. The average Bonchev–Trinajstić information content (AvgIpc) is 3.02. The molecule has 1 fully saturated rings. The van der Waals surface area contributed by atoms with E-state index in [4.69, 9.17) is 0 Å². The lowest BCUT2D eigenvalue weighted by Crippen LogP contribution is -2.40. The molecule has 132 valence electrons. The molecule has 1 N–H and O–H groups in total. The van der Waals surface area contributed by atoms with E-state index in [9.17, 15) is 9.59 Å². The van der Waals surface area contributed by atoms with E-state index in [2.05, 4.69) is 48.1 Å². The zero-order valence-electron chi connectivity index (χ0n) is 15.3. The Balaban J connectivity index is 1.90. The highest BCUT2D eigenvalue weighted by atomic mass is 16.2. The van der Waals surface area contributed by atoms with E-state index < -0.39 is 5.56 Å². The summed E-state index contributed by atoms with van der Waals surface area (Å²) in [6.07, 6.45) is 1.77. The van der Waals surface area contributed by atoms with Crippen LogP contribution in [0.3, 0.4) is 0 Å². The molecule has 0 bridgehead atoms. The maximum absolute atomic E-state index is 13.0. The summed E-state index contributed by atoms with van der Waals surface area (Å²) in [7, 11) is 0. The third kappa shape index (κ3) is 3.23. The number of benzene rings is 1. The third-order valence-electron chi connectivity index (χ3n) is 5.27. The Morgan fingerprint density at radius 1 is 1.24 bits per heavy atom. The van der Waals surface area contributed by atoms with Crippen LogP contribution in [-0.2, 0) is 0 Å². The summed E-state index contributed by atoms with van der Waals surface area (Å²) in [5.74, 6) is 0.0472. The predicted octanol–water partition coefficient (Wildman–Crippen LogP) is 3.10. The molecule has 0 aliphatic carbocycles. The third-order valence-corrected chi connectivity index (χ3v) is 5.27. The lowest BCUT2D eigenvalue weighted by Gasteiger charge is -2.27. The molecule has 2 aromatic rings. The first kappa shape index (κ1) is 17.4. The van der Waals surface area contributed by atoms with Gasteiger partial charge in [-0.1, -0.05) is 36.8 Å². The van der Waals surface area contributed by atoms with Gasteiger partial charge in [0, 0.05) is 24.2 Å². The van der Waals surface area contributed by atoms with Gasteiger partial charge in [0.15, 0.2) is 5.69 Å². The van der Waals surface area contributed by atoms with Gasteiger partial charge in [-0.25, -0.2) is 4.98 Å². The van der Waals surface area contributed by atoms with Crippen LogP contribution in [0.25, 0.3) is 0 Å². The number of rotatable bonds is 3. The van der Waals surface area contributed by atoms with Gasteiger partial charge in [0.05, 0.1) is 5.69 Å². The molecule has 1 aliphatic heterocycles. The minimum atomic E-state index is -0.401. The Hall–Kier alpha value is -2.43. The van der Waals surface area contributed by atoms with Crippen LogP contribution >= 0.6 is 0 Å². The van der Waals surface area contributed by atoms with Gasteiger partial charge < -0.3 is 9.88 Å². The first-order valence-corrected chi connectivity index (χ1v) is 8.87. The van der Waals surface area contributed by atoms with Gasteiger partial charge in [-0.2, -0.15) is 0 Å². The number of aryl methyl sites for hydroxylation is 3. The van der Waals surface area contributed by atoms with Crippen LogP contribution in [0.2, 0.25) is 0 Å². The van der Waals surface area contributed by atoms with Gasteiger partial charge in [-0.15, -0.1) is 0 Å². The number of likely N-dealkylation sites (tertiary alicyclic amines) is 1. The highest BCUT2D eigenvalue weighted by Crippen LogP contribution is 2.35. The number of hydrogen-bond donors (Lipinski definition) is 1. The summed E-state index contributed by atoms with van der Waals surface area (Å²) in [6, 6.07) is 8.62. The van der Waals surface area contributed by atoms with Crippen molar-refractivity contribution in [2.24, 2.45) is 0 Å². The zero-order chi connectivity index (χ0) is 18.1. The maximum Gasteiger partial charge on any atom is 0.279 e. The van der Waals surface area contributed by atoms with Crippen molar-refractivity contribution in [3.05, 3.63) is 62.8 Å². The molecule has 0 spiro atoms. The van der Waals surface area contributed by atoms with Gasteiger partial charge in [0.25, 0.3) is 11.5 Å². The number of nitrogens with zero attached hydrogens (tertiary/aromatic N) is 2. The van der Waals surface area contributed by atoms with Crippen LogP contribution in [0.15, 0.2) is 29.1 Å². The predicted molar refractivity (Wildman–Crippen MR) is 98.0 cm³/mol. The van der Waals surface area contributed by atoms with Crippen molar-refractivity contribution in [2.45, 2.75) is 52.5 Å². The number of nitrogens with one attached hydrogen (secondary N) is 1. The average molecular weight is 339 g/mol. The highest BCUT2D eigenvalue weighted by Gasteiger charge is 2.38. The fraction of sp³-hybridized carbons (Fsp3) is 0.450. The number of amides is 1. The van der Waals surface area contributed by atoms with Crippen LogP contribution in [0.5, 0.6) is 0 Å². The van der Waals surface area contributed by atoms with E-state index in [-0.39, 0.29) is 17.6 Å². The molecule has 0 unspecified atom stereocenters. The molecular weight excluding hydrogens is 314 g/mol. The van der Waals surface area contributed by atoms with E-state index in [1.54, 1.807) is 13.8 Å². The molecule has 2 heterocycles. The van der Waals surface area contributed by atoms with Crippen molar-refractivity contribution >= 4 is 5.91 Å². The summed E-state index contributed by atoms with van der Waals surface area (Å²) in [6.45, 7) is 8.41. The molecule has 0 saturated carbocycles. The molecule has 3 rings (SSSR count). The monoisotopic (exact) mass is 339 g/mol. The molecule has 5 nitrogen and oxygen atoms in total. The number of carbonyl (C=O) groups excluding carboxylic acids is 1. The second kappa shape index (κ2) is 6.82. The minimum Gasteiger partial charge on any atom is -0.334 e. The largest absolute Gasteiger partial charge is 0.334 e. The Morgan fingerprint density at radius 2 is 1.92 bits per heavy atom. The SMILES string of the molecule is CC[C@H]1[C@@H](c2ccc(C)cc2)CCN1C(=O)c1nc(C)c(C)[nH]c1=O. The number of H-pyrrole nitrogens is 1. The standard InChI is InChI=1S/C20H25N3O2/c1-5-17-16(15-8-6-12(2)7-9-15)10-11-23(17)20(25)18-19(24)22-14(4)13(3)21-18/h6-9,16-17H,5,10-11H2,1-4H3,(H,22,24)/t16-,17+/m1/s1. The quantitative estimate of drug-likeness (QED) is 0.934. The summed E-state index contributed by atoms with van der Waals surface area (Å²) in [5, 5.41) is 0. The Bertz CT molecular complexity index is 839. The number of aromatic nitrogens is 2. The van der Waals surface area contributed by atoms with Gasteiger partial charge in [0.2, 0.25) is 0 Å². The van der Waals surface area contributed by atoms with Crippen molar-refractivity contribution in [3.63, 3.8) is 0 Å². The molecule has 2 atom stereocenters. The summed E-state index contributed by atoms with van der Waals surface area (Å²) in [4.78, 5) is 34.0. The Kier molecular flexibility index (Phi) is 4.75. The van der Waals surface area contributed by atoms with Gasteiger partial charge >= 0.3 is 0 Å². The first-order valence-electron chi connectivity index (χ1n) is 8.87. The van der Waals surface area contributed by atoms with Gasteiger partial charge in [0.1, 0.15) is 0 Å². The van der Waals surface area contributed by atoms with Crippen LogP contribution in [0.4, 0.5) is 0 Å². The van der Waals surface area contributed by atoms with Crippen LogP contribution in [-0.4, -0.2) is 33.4 Å². The molecule has 25 heavy (non-hydrogen) atoms. The lowest BCUT2D eigenvalue weighted by atomic mass is 9.90. The minimum absolute atomic E-state index is 0.00565. The van der Waals surface area contributed by atoms with Crippen LogP contribution in [0.1, 0.15) is 58.7 Å². The molecule has 1 aliphatic rings. The zero-order valence-corrected chi connectivity index (χ0v) is 15.3. The van der Waals surface area contributed by atoms with E-state index in [0.29, 0.717) is 23.9 Å². The topological polar surface area (TPSA) is 66.1 Å². The van der Waals surface area contributed by atoms with Gasteiger partial charge in [-0.3, -0.25) is 9.59 Å². The van der Waals surface area contributed by atoms with E-state index in [0.717, 1.165) is 12.8 Å². The molecule has 5 heteroatoms. The van der Waals surface area contributed by atoms with Gasteiger partial charge in [-0.05, 0) is 39.2 Å². The van der Waals surface area contributed by atoms with E-state index in [1.807, 2.05) is 4.90 Å². The normalized spacial score (nSPS) is 20.1. The number of carbonyl (C=O) groups is 1. The lowest BCUT2D eigenvalue weighted by molar-refractivity contribution is 0.0719. The van der Waals surface area contributed by atoms with E-state index >= 15 is 0 Å². The number of aromatic amines is 1. The van der Waals surface area contributed by atoms with E-state index in [1.165, 1.54) is 11.1 Å². The Labute approximate surface area is 148 Å². The van der Waals surface area contributed by atoms with Crippen molar-refractivity contribution in [3.8, 4) is 0 Å². The molecule has 1 aromatic heterocycles. The maximum atomic E-state index is 13.0. The smallest absolute Gasteiger partial charge is 0.279 e. The summed E-state index contributed by atoms with van der Waals surface area (Å²) in [5.41, 5.74) is 3.48. The van der Waals surface area contributed by atoms with Crippen molar-refractivity contribution in [1.29, 1.82) is 0 Å². The molecular formula is C20H25N3O2. The fourth-order valence-electron chi connectivity index (χ4n) is 3.72. The summed E-state index contributed by atoms with van der Waals surface area (Å²) >= 11 is 0. The second-order valence-electron chi connectivity index (χ2n) is 6.90. The molecule has 1 saturated heterocycles. The second-order valence-corrected chi connectivity index (χ2v) is 6.90. The van der Waals surface area contributed by atoms with Crippen LogP contribution < -0.4 is 5.56 Å². The molecule has 1 aromatic carbocycles. The van der Waals surface area contributed by atoms with Crippen molar-refractivity contribution in [1.82, 2.24) is 14.9 Å². The van der Waals surface area contributed by atoms with Crippen molar-refractivity contribution < 1.29 is 4.79 Å². The van der Waals surface area contributed by atoms with Crippen LogP contribution in [0, 0.1) is 20.8 Å². The molecule has 1 amide bonds. The summed E-state index contributed by atoms with van der Waals surface area (Å²) < 4.78 is 0. The Morgan fingerprint density at radius 3 is 2.56 bits per heavy atom. The fourth-order valence-corrected chi connectivity index (χ4v) is 3.72. The molecule has 0 radical (unpaired) electrons. The van der Waals surface area contributed by atoms with Crippen molar-refractivity contribution in [2.75, 3.05) is 6.54 Å². The number of hydrogen-bond acceptors (Lipinski definition) is 3.